The summed E-state index contributed by atoms with van der Waals surface area (Å²) in [7, 11) is 1.86. The van der Waals surface area contributed by atoms with Gasteiger partial charge < -0.3 is 4.57 Å². The highest BCUT2D eigenvalue weighted by atomic mass is 32.2. The third kappa shape index (κ3) is 1.95. The Bertz CT molecular complexity index is 710. The van der Waals surface area contributed by atoms with Crippen LogP contribution in [0.5, 0.6) is 0 Å². The first-order valence-corrected chi connectivity index (χ1v) is 6.12. The summed E-state index contributed by atoms with van der Waals surface area (Å²) in [5.41, 5.74) is 0. The average molecular weight is 260 g/mol. The molecule has 3 rings (SSSR count). The van der Waals surface area contributed by atoms with Gasteiger partial charge in [0, 0.05) is 18.6 Å². The predicted molar refractivity (Wildman–Crippen MR) is 66.8 cm³/mol. The largest absolute Gasteiger partial charge is 0.311 e. The highest BCUT2D eigenvalue weighted by Crippen LogP contribution is 2.30. The lowest BCUT2D eigenvalue weighted by molar-refractivity contribution is 0.629. The van der Waals surface area contributed by atoms with Gasteiger partial charge in [-0.05, 0) is 35.3 Å². The Balaban J connectivity index is 2.11. The zero-order valence-electron chi connectivity index (χ0n) is 9.54. The van der Waals surface area contributed by atoms with E-state index in [1.54, 1.807) is 23.2 Å². The molecule has 0 saturated carbocycles. The highest BCUT2D eigenvalue weighted by Gasteiger charge is 2.09. The van der Waals surface area contributed by atoms with Crippen molar-refractivity contribution in [1.82, 2.24) is 19.7 Å². The second kappa shape index (κ2) is 4.38. The van der Waals surface area contributed by atoms with E-state index in [0.29, 0.717) is 0 Å². The molecule has 2 aromatic heterocycles. The number of fused-ring (bicyclic) bond motifs is 1. The van der Waals surface area contributed by atoms with Crippen LogP contribution >= 0.6 is 11.8 Å². The molecule has 0 fully saturated rings. The van der Waals surface area contributed by atoms with Gasteiger partial charge in [0.05, 0.1) is 0 Å². The van der Waals surface area contributed by atoms with Crippen molar-refractivity contribution in [2.24, 2.45) is 7.05 Å². The first kappa shape index (κ1) is 11.2. The molecule has 0 N–H and O–H groups in total. The van der Waals surface area contributed by atoms with Crippen molar-refractivity contribution in [2.45, 2.75) is 10.2 Å². The van der Waals surface area contributed by atoms with Crippen LogP contribution in [0.1, 0.15) is 0 Å². The maximum absolute atomic E-state index is 13.3. The molecule has 0 saturated heterocycles. The van der Waals surface area contributed by atoms with E-state index in [1.165, 1.54) is 23.9 Å². The van der Waals surface area contributed by atoms with Gasteiger partial charge in [-0.15, -0.1) is 10.2 Å². The minimum atomic E-state index is -0.268. The Hall–Kier alpha value is -1.95. The molecule has 0 aliphatic heterocycles. The SMILES string of the molecule is Cn1cnnc1Sc1nccc2ccc(F)cc12. The second-order valence-electron chi connectivity index (χ2n) is 3.81. The minimum Gasteiger partial charge on any atom is -0.311 e. The Morgan fingerprint density at radius 1 is 1.28 bits per heavy atom. The summed E-state index contributed by atoms with van der Waals surface area (Å²) >= 11 is 1.37. The van der Waals surface area contributed by atoms with Crippen LogP contribution in [0, 0.1) is 5.82 Å². The van der Waals surface area contributed by atoms with Gasteiger partial charge in [-0.1, -0.05) is 6.07 Å². The molecule has 0 aliphatic rings. The summed E-state index contributed by atoms with van der Waals surface area (Å²) in [6.07, 6.45) is 3.33. The van der Waals surface area contributed by atoms with E-state index in [9.17, 15) is 4.39 Å². The fourth-order valence-electron chi connectivity index (χ4n) is 1.65. The van der Waals surface area contributed by atoms with Crippen molar-refractivity contribution in [3.8, 4) is 0 Å². The van der Waals surface area contributed by atoms with Gasteiger partial charge in [0.15, 0.2) is 5.16 Å². The van der Waals surface area contributed by atoms with Crippen LogP contribution in [0.3, 0.4) is 0 Å². The highest BCUT2D eigenvalue weighted by molar-refractivity contribution is 7.99. The van der Waals surface area contributed by atoms with Crippen LogP contribution in [0.2, 0.25) is 0 Å². The van der Waals surface area contributed by atoms with Gasteiger partial charge in [-0.3, -0.25) is 0 Å². The number of halogens is 1. The monoisotopic (exact) mass is 260 g/mol. The fraction of sp³-hybridized carbons (Fsp3) is 0.0833. The molecule has 3 aromatic rings. The molecule has 0 atom stereocenters. The quantitative estimate of drug-likeness (QED) is 0.710. The lowest BCUT2D eigenvalue weighted by Gasteiger charge is -2.04. The number of aryl methyl sites for hydroxylation is 1. The van der Waals surface area contributed by atoms with Crippen LogP contribution in [-0.2, 0) is 7.05 Å². The molecule has 0 unspecified atom stereocenters. The third-order valence-electron chi connectivity index (χ3n) is 2.55. The molecular formula is C12H9FN4S. The first-order valence-electron chi connectivity index (χ1n) is 5.30. The fourth-order valence-corrected chi connectivity index (χ4v) is 2.50. The van der Waals surface area contributed by atoms with E-state index in [0.717, 1.165) is 21.0 Å². The van der Waals surface area contributed by atoms with Gasteiger partial charge in [0.2, 0.25) is 0 Å². The van der Waals surface area contributed by atoms with Gasteiger partial charge >= 0.3 is 0 Å². The number of pyridine rings is 1. The Morgan fingerprint density at radius 3 is 2.94 bits per heavy atom. The molecule has 1 aromatic carbocycles. The van der Waals surface area contributed by atoms with E-state index >= 15 is 0 Å². The Kier molecular flexibility index (Phi) is 2.71. The Labute approximate surface area is 107 Å². The molecule has 0 bridgehead atoms. The van der Waals surface area contributed by atoms with Gasteiger partial charge in [-0.25, -0.2) is 9.37 Å². The molecule has 90 valence electrons. The lowest BCUT2D eigenvalue weighted by Crippen LogP contribution is -1.90. The van der Waals surface area contributed by atoms with Crippen LogP contribution in [0.4, 0.5) is 4.39 Å². The number of rotatable bonds is 2. The van der Waals surface area contributed by atoms with E-state index in [1.807, 2.05) is 13.1 Å². The van der Waals surface area contributed by atoms with E-state index in [-0.39, 0.29) is 5.82 Å². The standard InChI is InChI=1S/C12H9FN4S/c1-17-7-15-16-12(17)18-11-10-6-9(13)3-2-8(10)4-5-14-11/h2-7H,1H3. The van der Waals surface area contributed by atoms with Crippen molar-refractivity contribution in [3.63, 3.8) is 0 Å². The van der Waals surface area contributed by atoms with Crippen LogP contribution in [0.25, 0.3) is 10.8 Å². The smallest absolute Gasteiger partial charge is 0.197 e. The summed E-state index contributed by atoms with van der Waals surface area (Å²) in [5.74, 6) is -0.268. The number of nitrogens with zero attached hydrogens (tertiary/aromatic N) is 4. The topological polar surface area (TPSA) is 43.6 Å². The van der Waals surface area contributed by atoms with Crippen molar-refractivity contribution in [2.75, 3.05) is 0 Å². The van der Waals surface area contributed by atoms with Crippen molar-refractivity contribution >= 4 is 22.5 Å². The van der Waals surface area contributed by atoms with E-state index in [2.05, 4.69) is 15.2 Å². The van der Waals surface area contributed by atoms with Crippen LogP contribution < -0.4 is 0 Å². The zero-order valence-corrected chi connectivity index (χ0v) is 10.4. The van der Waals surface area contributed by atoms with Crippen LogP contribution in [0.15, 0.2) is 47.0 Å². The molecular weight excluding hydrogens is 251 g/mol. The molecule has 0 radical (unpaired) electrons. The molecule has 0 aliphatic carbocycles. The second-order valence-corrected chi connectivity index (χ2v) is 4.76. The molecule has 0 amide bonds. The predicted octanol–water partition coefficient (Wildman–Crippen LogP) is 2.65. The Morgan fingerprint density at radius 2 is 2.17 bits per heavy atom. The maximum Gasteiger partial charge on any atom is 0.197 e. The average Bonchev–Trinajstić information content (AvgIpc) is 2.76. The van der Waals surface area contributed by atoms with Crippen molar-refractivity contribution < 1.29 is 4.39 Å². The molecule has 6 heteroatoms. The molecule has 18 heavy (non-hydrogen) atoms. The summed E-state index contributed by atoms with van der Waals surface area (Å²) in [6, 6.07) is 6.53. The molecule has 0 spiro atoms. The van der Waals surface area contributed by atoms with E-state index in [4.69, 9.17) is 0 Å². The number of benzene rings is 1. The number of aromatic nitrogens is 4. The lowest BCUT2D eigenvalue weighted by atomic mass is 10.2. The van der Waals surface area contributed by atoms with Crippen LogP contribution in [-0.4, -0.2) is 19.7 Å². The summed E-state index contributed by atoms with van der Waals surface area (Å²) in [5, 5.41) is 11.0. The maximum atomic E-state index is 13.3. The summed E-state index contributed by atoms with van der Waals surface area (Å²) in [6.45, 7) is 0. The number of hydrogen-bond acceptors (Lipinski definition) is 4. The van der Waals surface area contributed by atoms with Gasteiger partial charge in [0.25, 0.3) is 0 Å². The van der Waals surface area contributed by atoms with Gasteiger partial charge in [-0.2, -0.15) is 0 Å². The van der Waals surface area contributed by atoms with Gasteiger partial charge in [0.1, 0.15) is 17.2 Å². The summed E-state index contributed by atoms with van der Waals surface area (Å²) < 4.78 is 15.1. The zero-order chi connectivity index (χ0) is 12.5. The molecule has 2 heterocycles. The van der Waals surface area contributed by atoms with Crippen molar-refractivity contribution in [3.05, 3.63) is 42.6 Å². The minimum absolute atomic E-state index is 0.268. The van der Waals surface area contributed by atoms with E-state index < -0.39 is 0 Å². The van der Waals surface area contributed by atoms with Crippen molar-refractivity contribution in [1.29, 1.82) is 0 Å². The first-order chi connectivity index (χ1) is 8.74. The third-order valence-corrected chi connectivity index (χ3v) is 3.62. The number of hydrogen-bond donors (Lipinski definition) is 0. The molecule has 4 nitrogen and oxygen atoms in total. The normalized spacial score (nSPS) is 11.0. The summed E-state index contributed by atoms with van der Waals surface area (Å²) in [4.78, 5) is 4.28.